The zero-order chi connectivity index (χ0) is 17.5. The highest BCUT2D eigenvalue weighted by atomic mass is 79.9. The molecule has 1 aromatic heterocycles. The summed E-state index contributed by atoms with van der Waals surface area (Å²) >= 11 is 3.22. The zero-order valence-electron chi connectivity index (χ0n) is 13.7. The summed E-state index contributed by atoms with van der Waals surface area (Å²) in [4.78, 5) is 18.3. The second kappa shape index (κ2) is 10.5. The fourth-order valence-corrected chi connectivity index (χ4v) is 2.57. The summed E-state index contributed by atoms with van der Waals surface area (Å²) < 4.78 is 19.7. The summed E-state index contributed by atoms with van der Waals surface area (Å²) in [6.07, 6.45) is 1.65. The van der Waals surface area contributed by atoms with Gasteiger partial charge in [0.1, 0.15) is 11.9 Å². The van der Waals surface area contributed by atoms with E-state index in [4.69, 9.17) is 10.5 Å². The first-order valence-corrected chi connectivity index (χ1v) is 8.17. The minimum atomic E-state index is -0.808. The molecule has 1 aromatic carbocycles. The van der Waals surface area contributed by atoms with Crippen LogP contribution in [0.25, 0.3) is 0 Å². The van der Waals surface area contributed by atoms with E-state index < -0.39 is 6.04 Å². The molecule has 1 heterocycles. The number of halogens is 3. The van der Waals surface area contributed by atoms with Gasteiger partial charge in [-0.15, -0.1) is 12.4 Å². The molecule has 0 spiro atoms. The highest BCUT2D eigenvalue weighted by molar-refractivity contribution is 9.10. The molecule has 8 heteroatoms. The van der Waals surface area contributed by atoms with Gasteiger partial charge < -0.3 is 15.4 Å². The number of aromatic nitrogens is 1. The van der Waals surface area contributed by atoms with Gasteiger partial charge in [0.2, 0.25) is 5.91 Å². The molecule has 0 fully saturated rings. The van der Waals surface area contributed by atoms with Gasteiger partial charge in [0, 0.05) is 29.9 Å². The van der Waals surface area contributed by atoms with Crippen molar-refractivity contribution in [1.82, 2.24) is 9.88 Å². The van der Waals surface area contributed by atoms with Crippen LogP contribution in [0.2, 0.25) is 0 Å². The van der Waals surface area contributed by atoms with Crippen LogP contribution >= 0.6 is 28.3 Å². The number of hydrogen-bond donors (Lipinski definition) is 1. The molecule has 25 heavy (non-hydrogen) atoms. The van der Waals surface area contributed by atoms with Crippen molar-refractivity contribution in [1.29, 1.82) is 0 Å². The van der Waals surface area contributed by atoms with Crippen molar-refractivity contribution in [2.45, 2.75) is 19.1 Å². The molecule has 1 amide bonds. The molecule has 0 saturated carbocycles. The van der Waals surface area contributed by atoms with Crippen molar-refractivity contribution in [3.63, 3.8) is 0 Å². The van der Waals surface area contributed by atoms with E-state index in [-0.39, 0.29) is 43.8 Å². The third-order valence-electron chi connectivity index (χ3n) is 3.43. The Bertz CT molecular complexity index is 691. The normalized spacial score (nSPS) is 11.5. The van der Waals surface area contributed by atoms with Crippen molar-refractivity contribution in [2.24, 2.45) is 5.73 Å². The number of methoxy groups -OCH3 is 1. The molecule has 0 aliphatic heterocycles. The van der Waals surface area contributed by atoms with Crippen molar-refractivity contribution >= 4 is 34.2 Å². The van der Waals surface area contributed by atoms with Crippen molar-refractivity contribution in [3.8, 4) is 0 Å². The van der Waals surface area contributed by atoms with E-state index in [1.807, 2.05) is 6.07 Å². The molecule has 0 bridgehead atoms. The Morgan fingerprint density at radius 3 is 2.72 bits per heavy atom. The Balaban J connectivity index is 0.00000312. The number of rotatable bonds is 7. The maximum Gasteiger partial charge on any atom is 0.242 e. The quantitative estimate of drug-likeness (QED) is 0.730. The van der Waals surface area contributed by atoms with Gasteiger partial charge in [-0.2, -0.15) is 0 Å². The summed E-state index contributed by atoms with van der Waals surface area (Å²) in [6, 6.07) is 9.36. The molecule has 2 N–H and O–H groups in total. The molecule has 2 aromatic rings. The van der Waals surface area contributed by atoms with Gasteiger partial charge in [-0.25, -0.2) is 4.39 Å². The third-order valence-corrected chi connectivity index (χ3v) is 3.92. The van der Waals surface area contributed by atoms with Crippen molar-refractivity contribution < 1.29 is 13.9 Å². The molecular formula is C17H20BrClFN3O2. The first kappa shape index (κ1) is 21.5. The zero-order valence-corrected chi connectivity index (χ0v) is 16.1. The SMILES string of the molecule is COCC(N)C(=O)N(Cc1ccccn1)Cc1ccc(Br)cc1F.Cl. The molecule has 136 valence electrons. The molecule has 0 aliphatic carbocycles. The summed E-state index contributed by atoms with van der Waals surface area (Å²) in [6.45, 7) is 0.443. The lowest BCUT2D eigenvalue weighted by Gasteiger charge is -2.25. The van der Waals surface area contributed by atoms with Gasteiger partial charge in [0.15, 0.2) is 0 Å². The molecule has 0 aliphatic rings. The number of benzene rings is 1. The van der Waals surface area contributed by atoms with Gasteiger partial charge in [-0.1, -0.05) is 28.1 Å². The highest BCUT2D eigenvalue weighted by Gasteiger charge is 2.22. The summed E-state index contributed by atoms with van der Waals surface area (Å²) in [5, 5.41) is 0. The number of amides is 1. The number of hydrogen-bond acceptors (Lipinski definition) is 4. The lowest BCUT2D eigenvalue weighted by Crippen LogP contribution is -2.45. The first-order chi connectivity index (χ1) is 11.5. The molecule has 2 rings (SSSR count). The lowest BCUT2D eigenvalue weighted by molar-refractivity contribution is -0.135. The van der Waals surface area contributed by atoms with Gasteiger partial charge in [0.05, 0.1) is 18.8 Å². The molecule has 5 nitrogen and oxygen atoms in total. The minimum absolute atomic E-state index is 0. The average Bonchev–Trinajstić information content (AvgIpc) is 2.57. The van der Waals surface area contributed by atoms with Crippen LogP contribution in [0.15, 0.2) is 47.1 Å². The van der Waals surface area contributed by atoms with Gasteiger partial charge in [0.25, 0.3) is 0 Å². The summed E-state index contributed by atoms with van der Waals surface area (Å²) in [5.41, 5.74) is 6.97. The van der Waals surface area contributed by atoms with Crippen LogP contribution in [0.3, 0.4) is 0 Å². The summed E-state index contributed by atoms with van der Waals surface area (Å²) in [5.74, 6) is -0.701. The molecule has 1 atom stereocenters. The van der Waals surface area contributed by atoms with Crippen LogP contribution in [0.4, 0.5) is 4.39 Å². The first-order valence-electron chi connectivity index (χ1n) is 7.38. The number of carbonyl (C=O) groups excluding carboxylic acids is 1. The Morgan fingerprint density at radius 2 is 2.12 bits per heavy atom. The van der Waals surface area contributed by atoms with Crippen molar-refractivity contribution in [3.05, 3.63) is 64.1 Å². The number of nitrogens with zero attached hydrogens (tertiary/aromatic N) is 2. The standard InChI is InChI=1S/C17H19BrFN3O2.ClH/c1-24-11-16(20)17(23)22(10-14-4-2-3-7-21-14)9-12-5-6-13(18)8-15(12)19;/h2-8,16H,9-11,20H2,1H3;1H. The third kappa shape index (κ3) is 6.36. The number of pyridine rings is 1. The van der Waals surface area contributed by atoms with Crippen LogP contribution in [-0.2, 0) is 22.6 Å². The number of nitrogens with two attached hydrogens (primary N) is 1. The fourth-order valence-electron chi connectivity index (χ4n) is 2.24. The number of ether oxygens (including phenoxy) is 1. The Morgan fingerprint density at radius 1 is 1.36 bits per heavy atom. The average molecular weight is 433 g/mol. The second-order valence-corrected chi connectivity index (χ2v) is 6.23. The number of carbonyl (C=O) groups is 1. The fraction of sp³-hybridized carbons (Fsp3) is 0.294. The predicted octanol–water partition coefficient (Wildman–Crippen LogP) is 2.91. The second-order valence-electron chi connectivity index (χ2n) is 5.31. The van der Waals surface area contributed by atoms with E-state index in [1.54, 1.807) is 30.5 Å². The van der Waals surface area contributed by atoms with E-state index in [2.05, 4.69) is 20.9 Å². The molecule has 1 unspecified atom stereocenters. The highest BCUT2D eigenvalue weighted by Crippen LogP contribution is 2.18. The van der Waals surface area contributed by atoms with E-state index in [0.29, 0.717) is 15.7 Å². The topological polar surface area (TPSA) is 68.5 Å². The van der Waals surface area contributed by atoms with Gasteiger partial charge in [-0.3, -0.25) is 9.78 Å². The Labute approximate surface area is 160 Å². The van der Waals surface area contributed by atoms with Crippen LogP contribution in [0.1, 0.15) is 11.3 Å². The Kier molecular flexibility index (Phi) is 8.99. The van der Waals surface area contributed by atoms with Crippen LogP contribution in [0, 0.1) is 5.82 Å². The maximum absolute atomic E-state index is 14.1. The largest absolute Gasteiger partial charge is 0.383 e. The summed E-state index contributed by atoms with van der Waals surface area (Å²) in [7, 11) is 1.48. The van der Waals surface area contributed by atoms with Crippen molar-refractivity contribution in [2.75, 3.05) is 13.7 Å². The van der Waals surface area contributed by atoms with Crippen LogP contribution in [-0.4, -0.2) is 35.5 Å². The van der Waals surface area contributed by atoms with Gasteiger partial charge in [-0.05, 0) is 24.3 Å². The van der Waals surface area contributed by atoms with Crippen LogP contribution in [0.5, 0.6) is 0 Å². The minimum Gasteiger partial charge on any atom is -0.383 e. The predicted molar refractivity (Wildman–Crippen MR) is 99.7 cm³/mol. The molecule has 0 radical (unpaired) electrons. The molecular weight excluding hydrogens is 413 g/mol. The van der Waals surface area contributed by atoms with E-state index in [0.717, 1.165) is 0 Å². The van der Waals surface area contributed by atoms with E-state index in [1.165, 1.54) is 18.1 Å². The van der Waals surface area contributed by atoms with Crippen LogP contribution < -0.4 is 5.73 Å². The monoisotopic (exact) mass is 431 g/mol. The van der Waals surface area contributed by atoms with E-state index in [9.17, 15) is 9.18 Å². The lowest BCUT2D eigenvalue weighted by atomic mass is 10.1. The van der Waals surface area contributed by atoms with Gasteiger partial charge >= 0.3 is 0 Å². The smallest absolute Gasteiger partial charge is 0.242 e. The molecule has 0 saturated heterocycles. The maximum atomic E-state index is 14.1. The Hall–Kier alpha value is -1.54. The van der Waals surface area contributed by atoms with E-state index >= 15 is 0 Å².